The summed E-state index contributed by atoms with van der Waals surface area (Å²) in [6.45, 7) is 9.61. The first-order valence-electron chi connectivity index (χ1n) is 7.85. The molecule has 0 aromatic heterocycles. The van der Waals surface area contributed by atoms with Gasteiger partial charge in [-0.2, -0.15) is 5.26 Å². The van der Waals surface area contributed by atoms with Crippen molar-refractivity contribution in [1.29, 1.82) is 5.26 Å². The standard InChI is InChI=1S/C17H26N2O2/c1-5-6-14(20)19-8-7-13-16(2,3)15(21)12(10-18)9-17(13,4)11-19/h9,13,15,21H,5-8,11H2,1-4H3/t13-,15?,17+/m1/s1. The quantitative estimate of drug-likeness (QED) is 0.849. The van der Waals surface area contributed by atoms with Gasteiger partial charge in [-0.05, 0) is 24.2 Å². The molecule has 0 radical (unpaired) electrons. The monoisotopic (exact) mass is 290 g/mol. The van der Waals surface area contributed by atoms with E-state index in [1.165, 1.54) is 0 Å². The van der Waals surface area contributed by atoms with E-state index in [2.05, 4.69) is 13.0 Å². The molecule has 4 heteroatoms. The lowest BCUT2D eigenvalue weighted by atomic mass is 9.54. The zero-order chi connectivity index (χ0) is 15.8. The van der Waals surface area contributed by atoms with Crippen LogP contribution in [0.4, 0.5) is 0 Å². The summed E-state index contributed by atoms with van der Waals surface area (Å²) in [6.07, 6.45) is 3.53. The van der Waals surface area contributed by atoms with Crippen LogP contribution < -0.4 is 0 Å². The van der Waals surface area contributed by atoms with Crippen LogP contribution in [0.2, 0.25) is 0 Å². The zero-order valence-corrected chi connectivity index (χ0v) is 13.5. The fraction of sp³-hybridized carbons (Fsp3) is 0.765. The summed E-state index contributed by atoms with van der Waals surface area (Å²) >= 11 is 0. The highest BCUT2D eigenvalue weighted by atomic mass is 16.3. The van der Waals surface area contributed by atoms with E-state index in [4.69, 9.17) is 0 Å². The summed E-state index contributed by atoms with van der Waals surface area (Å²) < 4.78 is 0. The van der Waals surface area contributed by atoms with Crippen LogP contribution in [0.1, 0.15) is 47.0 Å². The molecule has 21 heavy (non-hydrogen) atoms. The molecule has 0 bridgehead atoms. The van der Waals surface area contributed by atoms with Crippen LogP contribution in [0.15, 0.2) is 11.6 Å². The third-order valence-electron chi connectivity index (χ3n) is 5.34. The van der Waals surface area contributed by atoms with Crippen molar-refractivity contribution in [2.45, 2.75) is 53.1 Å². The van der Waals surface area contributed by atoms with Crippen molar-refractivity contribution in [3.63, 3.8) is 0 Å². The average molecular weight is 290 g/mol. The number of aliphatic hydroxyl groups is 1. The second-order valence-electron chi connectivity index (χ2n) is 7.35. The highest BCUT2D eigenvalue weighted by molar-refractivity contribution is 5.76. The van der Waals surface area contributed by atoms with Crippen LogP contribution in [-0.4, -0.2) is 35.1 Å². The van der Waals surface area contributed by atoms with Gasteiger partial charge in [0.2, 0.25) is 5.91 Å². The largest absolute Gasteiger partial charge is 0.387 e. The van der Waals surface area contributed by atoms with Crippen LogP contribution in [-0.2, 0) is 4.79 Å². The second-order valence-corrected chi connectivity index (χ2v) is 7.35. The van der Waals surface area contributed by atoms with Crippen molar-refractivity contribution < 1.29 is 9.90 Å². The molecule has 1 aliphatic carbocycles. The fourth-order valence-electron chi connectivity index (χ4n) is 4.29. The molecule has 1 amide bonds. The van der Waals surface area contributed by atoms with E-state index in [-0.39, 0.29) is 22.7 Å². The molecule has 116 valence electrons. The molecule has 1 unspecified atom stereocenters. The smallest absolute Gasteiger partial charge is 0.222 e. The van der Waals surface area contributed by atoms with Crippen molar-refractivity contribution in [3.05, 3.63) is 11.6 Å². The molecular formula is C17H26N2O2. The van der Waals surface area contributed by atoms with Crippen molar-refractivity contribution in [3.8, 4) is 6.07 Å². The molecule has 2 aliphatic rings. The topological polar surface area (TPSA) is 64.3 Å². The maximum absolute atomic E-state index is 12.2. The van der Waals surface area contributed by atoms with Gasteiger partial charge in [-0.25, -0.2) is 0 Å². The minimum atomic E-state index is -0.710. The third kappa shape index (κ3) is 2.60. The van der Waals surface area contributed by atoms with Crippen LogP contribution in [0.5, 0.6) is 0 Å². The summed E-state index contributed by atoms with van der Waals surface area (Å²) in [6, 6.07) is 2.14. The molecule has 3 atom stereocenters. The Labute approximate surface area is 127 Å². The highest BCUT2D eigenvalue weighted by Crippen LogP contribution is 2.53. The number of nitriles is 1. The van der Waals surface area contributed by atoms with Crippen molar-refractivity contribution in [2.75, 3.05) is 13.1 Å². The van der Waals surface area contributed by atoms with Gasteiger partial charge in [0.05, 0.1) is 17.7 Å². The molecule has 0 aromatic rings. The Balaban J connectivity index is 2.33. The first-order valence-corrected chi connectivity index (χ1v) is 7.85. The Morgan fingerprint density at radius 3 is 2.76 bits per heavy atom. The number of hydrogen-bond donors (Lipinski definition) is 1. The zero-order valence-electron chi connectivity index (χ0n) is 13.5. The number of amides is 1. The van der Waals surface area contributed by atoms with Gasteiger partial charge in [0.1, 0.15) is 0 Å². The van der Waals surface area contributed by atoms with E-state index in [9.17, 15) is 15.2 Å². The maximum atomic E-state index is 12.2. The Morgan fingerprint density at radius 1 is 1.52 bits per heavy atom. The lowest BCUT2D eigenvalue weighted by Gasteiger charge is -2.55. The van der Waals surface area contributed by atoms with Crippen LogP contribution >= 0.6 is 0 Å². The SMILES string of the molecule is CCCC(=O)N1CC[C@@H]2C(C)(C)C(O)C(C#N)=C[C@@]2(C)C1. The van der Waals surface area contributed by atoms with Gasteiger partial charge in [0, 0.05) is 24.9 Å². The Kier molecular flexibility index (Phi) is 4.17. The molecule has 1 fully saturated rings. The maximum Gasteiger partial charge on any atom is 0.222 e. The van der Waals surface area contributed by atoms with E-state index in [1.807, 2.05) is 31.7 Å². The van der Waals surface area contributed by atoms with Crippen molar-refractivity contribution in [2.24, 2.45) is 16.7 Å². The lowest BCUT2D eigenvalue weighted by molar-refractivity contribution is -0.139. The van der Waals surface area contributed by atoms with E-state index in [0.29, 0.717) is 18.5 Å². The molecule has 1 aliphatic heterocycles. The van der Waals surface area contributed by atoms with Crippen LogP contribution in [0, 0.1) is 28.1 Å². The van der Waals surface area contributed by atoms with E-state index < -0.39 is 6.10 Å². The number of aliphatic hydroxyl groups excluding tert-OH is 1. The molecule has 0 aromatic carbocycles. The van der Waals surface area contributed by atoms with Gasteiger partial charge in [-0.15, -0.1) is 0 Å². The van der Waals surface area contributed by atoms with Crippen molar-refractivity contribution in [1.82, 2.24) is 4.90 Å². The number of rotatable bonds is 2. The number of nitrogens with zero attached hydrogens (tertiary/aromatic N) is 2. The summed E-state index contributed by atoms with van der Waals surface area (Å²) in [7, 11) is 0. The van der Waals surface area contributed by atoms with Gasteiger partial charge in [-0.1, -0.05) is 33.8 Å². The molecule has 1 saturated heterocycles. The summed E-state index contributed by atoms with van der Waals surface area (Å²) in [4.78, 5) is 14.1. The third-order valence-corrected chi connectivity index (χ3v) is 5.34. The molecule has 4 nitrogen and oxygen atoms in total. The first-order chi connectivity index (χ1) is 9.76. The average Bonchev–Trinajstić information content (AvgIpc) is 2.42. The summed E-state index contributed by atoms with van der Waals surface area (Å²) in [5.74, 6) is 0.482. The minimum absolute atomic E-state index is 0.202. The van der Waals surface area contributed by atoms with Gasteiger partial charge in [0.15, 0.2) is 0 Å². The molecule has 0 spiro atoms. The van der Waals surface area contributed by atoms with Gasteiger partial charge in [-0.3, -0.25) is 4.79 Å². The number of carbonyl (C=O) groups excluding carboxylic acids is 1. The van der Waals surface area contributed by atoms with E-state index in [1.54, 1.807) is 0 Å². The number of piperidine rings is 1. The van der Waals surface area contributed by atoms with Gasteiger partial charge < -0.3 is 10.0 Å². The molecule has 1 heterocycles. The molecule has 2 rings (SSSR count). The summed E-state index contributed by atoms with van der Waals surface area (Å²) in [5, 5.41) is 19.7. The normalized spacial score (nSPS) is 34.7. The minimum Gasteiger partial charge on any atom is -0.387 e. The van der Waals surface area contributed by atoms with Crippen molar-refractivity contribution >= 4 is 5.91 Å². The number of likely N-dealkylation sites (tertiary alicyclic amines) is 1. The van der Waals surface area contributed by atoms with E-state index in [0.717, 1.165) is 19.4 Å². The lowest BCUT2D eigenvalue weighted by Crippen LogP contribution is -2.57. The number of hydrogen-bond acceptors (Lipinski definition) is 3. The predicted molar refractivity (Wildman–Crippen MR) is 81.2 cm³/mol. The molecular weight excluding hydrogens is 264 g/mol. The Bertz CT molecular complexity index is 503. The van der Waals surface area contributed by atoms with E-state index >= 15 is 0 Å². The van der Waals surface area contributed by atoms with Gasteiger partial charge >= 0.3 is 0 Å². The van der Waals surface area contributed by atoms with Crippen LogP contribution in [0.3, 0.4) is 0 Å². The van der Waals surface area contributed by atoms with Crippen LogP contribution in [0.25, 0.3) is 0 Å². The molecule has 1 N–H and O–H groups in total. The highest BCUT2D eigenvalue weighted by Gasteiger charge is 2.53. The number of carbonyl (C=O) groups is 1. The first kappa shape index (κ1) is 16.0. The van der Waals surface area contributed by atoms with Gasteiger partial charge in [0.25, 0.3) is 0 Å². The molecule has 0 saturated carbocycles. The Hall–Kier alpha value is -1.34. The predicted octanol–water partition coefficient (Wildman–Crippen LogP) is 2.49. The second kappa shape index (κ2) is 5.46. The fourth-order valence-corrected chi connectivity index (χ4v) is 4.29. The Morgan fingerprint density at radius 2 is 2.19 bits per heavy atom. The number of fused-ring (bicyclic) bond motifs is 1. The summed E-state index contributed by atoms with van der Waals surface area (Å²) in [5.41, 5.74) is -0.118.